The van der Waals surface area contributed by atoms with Crippen LogP contribution in [0.4, 0.5) is 10.1 Å². The molecule has 2 aromatic heterocycles. The molecule has 5 rings (SSSR count). The van der Waals surface area contributed by atoms with Gasteiger partial charge in [-0.3, -0.25) is 4.98 Å². The molecule has 0 spiro atoms. The lowest BCUT2D eigenvalue weighted by Crippen LogP contribution is -2.29. The molecule has 4 aromatic rings. The van der Waals surface area contributed by atoms with Crippen molar-refractivity contribution in [3.8, 4) is 5.69 Å². The quantitative estimate of drug-likeness (QED) is 0.301. The summed E-state index contributed by atoms with van der Waals surface area (Å²) in [6, 6.07) is 19.6. The maximum absolute atomic E-state index is 14.2. The van der Waals surface area contributed by atoms with Crippen LogP contribution in [0.5, 0.6) is 0 Å². The van der Waals surface area contributed by atoms with E-state index in [0.29, 0.717) is 10.7 Å². The average molecular weight is 499 g/mol. The summed E-state index contributed by atoms with van der Waals surface area (Å²) < 4.78 is 16.6. The summed E-state index contributed by atoms with van der Waals surface area (Å²) in [6.07, 6.45) is 2.77. The van der Waals surface area contributed by atoms with Crippen molar-refractivity contribution in [2.24, 2.45) is 0 Å². The Labute approximate surface area is 217 Å². The molecular weight excluding hydrogens is 467 g/mol. The second-order valence-corrected chi connectivity index (χ2v) is 9.91. The van der Waals surface area contributed by atoms with E-state index in [1.807, 2.05) is 30.5 Å². The minimum Gasteiger partial charge on any atom is -0.351 e. The Morgan fingerprint density at radius 2 is 1.78 bits per heavy atom. The van der Waals surface area contributed by atoms with Crippen LogP contribution < -0.4 is 10.2 Å². The van der Waals surface area contributed by atoms with Crippen LogP contribution in [0, 0.1) is 33.5 Å². The van der Waals surface area contributed by atoms with E-state index in [1.54, 1.807) is 13.0 Å². The Hall–Kier alpha value is -3.51. The number of para-hydroxylation sites is 1. The highest BCUT2D eigenvalue weighted by molar-refractivity contribution is 7.80. The summed E-state index contributed by atoms with van der Waals surface area (Å²) in [5, 5.41) is 4.13. The van der Waals surface area contributed by atoms with Gasteiger partial charge >= 0.3 is 0 Å². The summed E-state index contributed by atoms with van der Waals surface area (Å²) in [5.74, 6) is -0.223. The molecule has 0 radical (unpaired) electrons. The summed E-state index contributed by atoms with van der Waals surface area (Å²) >= 11 is 5.88. The van der Waals surface area contributed by atoms with Crippen LogP contribution in [-0.4, -0.2) is 14.7 Å². The highest BCUT2D eigenvalue weighted by Gasteiger charge is 2.42. The third-order valence-corrected chi connectivity index (χ3v) is 7.55. The first-order chi connectivity index (χ1) is 17.3. The molecule has 1 saturated heterocycles. The largest absolute Gasteiger partial charge is 0.351 e. The molecule has 0 saturated carbocycles. The van der Waals surface area contributed by atoms with Gasteiger partial charge in [0.2, 0.25) is 0 Å². The van der Waals surface area contributed by atoms with Crippen molar-refractivity contribution in [2.45, 2.75) is 53.1 Å². The first-order valence-electron chi connectivity index (χ1n) is 12.4. The van der Waals surface area contributed by atoms with E-state index in [0.717, 1.165) is 23.5 Å². The van der Waals surface area contributed by atoms with Gasteiger partial charge in [0, 0.05) is 23.3 Å². The first kappa shape index (κ1) is 24.2. The number of aryl methyl sites for hydroxylation is 4. The molecule has 1 aliphatic rings. The number of aromatic nitrogens is 2. The SMILES string of the molecule is CCc1cccc(C)c1-n1c(C)cc([C@@H]2[C@H](c3ccccn3)NC(=S)N2c2ccc(F)c(C)c2)c1C. The molecule has 0 amide bonds. The average Bonchev–Trinajstić information content (AvgIpc) is 3.36. The van der Waals surface area contributed by atoms with Gasteiger partial charge < -0.3 is 14.8 Å². The molecule has 0 aliphatic carbocycles. The predicted octanol–water partition coefficient (Wildman–Crippen LogP) is 6.98. The minimum absolute atomic E-state index is 0.147. The van der Waals surface area contributed by atoms with Gasteiger partial charge in [0.15, 0.2) is 5.11 Å². The summed E-state index contributed by atoms with van der Waals surface area (Å²) in [5.41, 5.74) is 9.68. The molecule has 2 atom stereocenters. The van der Waals surface area contributed by atoms with Gasteiger partial charge in [-0.2, -0.15) is 0 Å². The third kappa shape index (κ3) is 3.99. The molecular formula is C30H31FN4S. The highest BCUT2D eigenvalue weighted by atomic mass is 32.1. The maximum Gasteiger partial charge on any atom is 0.174 e. The fraction of sp³-hybridized carbons (Fsp3) is 0.267. The topological polar surface area (TPSA) is 33.1 Å². The van der Waals surface area contributed by atoms with Gasteiger partial charge in [0.05, 0.1) is 23.5 Å². The Morgan fingerprint density at radius 3 is 2.47 bits per heavy atom. The molecule has 0 unspecified atom stereocenters. The monoisotopic (exact) mass is 498 g/mol. The Kier molecular flexibility index (Phi) is 6.39. The molecule has 1 aliphatic heterocycles. The van der Waals surface area contributed by atoms with E-state index in [2.05, 4.69) is 71.7 Å². The van der Waals surface area contributed by atoms with E-state index in [1.165, 1.54) is 34.1 Å². The third-order valence-electron chi connectivity index (χ3n) is 7.23. The Bertz CT molecular complexity index is 1440. The van der Waals surface area contributed by atoms with Crippen molar-refractivity contribution in [2.75, 3.05) is 4.90 Å². The molecule has 0 bridgehead atoms. The van der Waals surface area contributed by atoms with Gasteiger partial charge in [-0.15, -0.1) is 0 Å². The van der Waals surface area contributed by atoms with Gasteiger partial charge in [0.25, 0.3) is 0 Å². The van der Waals surface area contributed by atoms with Crippen LogP contribution in [0.2, 0.25) is 0 Å². The van der Waals surface area contributed by atoms with Crippen LogP contribution in [0.3, 0.4) is 0 Å². The zero-order chi connectivity index (χ0) is 25.6. The van der Waals surface area contributed by atoms with Crippen molar-refractivity contribution in [1.29, 1.82) is 0 Å². The number of rotatable bonds is 5. The number of halogens is 1. The van der Waals surface area contributed by atoms with E-state index in [-0.39, 0.29) is 17.9 Å². The van der Waals surface area contributed by atoms with Crippen molar-refractivity contribution in [3.05, 3.63) is 112 Å². The first-order valence-corrected chi connectivity index (χ1v) is 12.8. The lowest BCUT2D eigenvalue weighted by Gasteiger charge is -2.28. The molecule has 6 heteroatoms. The number of hydrogen-bond donors (Lipinski definition) is 1. The van der Waals surface area contributed by atoms with Gasteiger partial charge in [-0.05, 0) is 105 Å². The van der Waals surface area contributed by atoms with Crippen LogP contribution in [-0.2, 0) is 6.42 Å². The smallest absolute Gasteiger partial charge is 0.174 e. The molecule has 36 heavy (non-hydrogen) atoms. The summed E-state index contributed by atoms with van der Waals surface area (Å²) in [6.45, 7) is 10.5. The Morgan fingerprint density at radius 1 is 0.972 bits per heavy atom. The molecule has 3 heterocycles. The molecule has 1 fully saturated rings. The van der Waals surface area contributed by atoms with Crippen molar-refractivity contribution >= 4 is 23.0 Å². The Balaban J connectivity index is 1.72. The summed E-state index contributed by atoms with van der Waals surface area (Å²) in [7, 11) is 0. The molecule has 4 nitrogen and oxygen atoms in total. The second-order valence-electron chi connectivity index (χ2n) is 9.53. The molecule has 1 N–H and O–H groups in total. The van der Waals surface area contributed by atoms with Gasteiger partial charge in [-0.25, -0.2) is 4.39 Å². The predicted molar refractivity (Wildman–Crippen MR) is 148 cm³/mol. The summed E-state index contributed by atoms with van der Waals surface area (Å²) in [4.78, 5) is 6.79. The second kappa shape index (κ2) is 9.51. The lowest BCUT2D eigenvalue weighted by atomic mass is 9.96. The number of nitrogens with one attached hydrogen (secondary N) is 1. The van der Waals surface area contributed by atoms with Crippen LogP contribution >= 0.6 is 12.2 Å². The number of hydrogen-bond acceptors (Lipinski definition) is 2. The molecule has 2 aromatic carbocycles. The standard InChI is InChI=1S/C30H31FN4S/c1-6-22-11-9-10-18(2)28(22)34-20(4)17-24(21(34)5)29-27(26-12-7-8-15-32-26)33-30(36)35(29)23-13-14-25(31)19(3)16-23/h7-17,27,29H,6H2,1-5H3,(H,33,36)/t27-,29+/m0/s1. The fourth-order valence-electron chi connectivity index (χ4n) is 5.48. The van der Waals surface area contributed by atoms with E-state index >= 15 is 0 Å². The molecule has 184 valence electrons. The van der Waals surface area contributed by atoms with Crippen LogP contribution in [0.25, 0.3) is 5.69 Å². The number of benzene rings is 2. The van der Waals surface area contributed by atoms with E-state index in [4.69, 9.17) is 12.2 Å². The zero-order valence-corrected chi connectivity index (χ0v) is 22.2. The van der Waals surface area contributed by atoms with Crippen molar-refractivity contribution < 1.29 is 4.39 Å². The van der Waals surface area contributed by atoms with Crippen molar-refractivity contribution in [3.63, 3.8) is 0 Å². The number of pyridine rings is 1. The highest BCUT2D eigenvalue weighted by Crippen LogP contribution is 2.44. The fourth-order valence-corrected chi connectivity index (χ4v) is 5.83. The van der Waals surface area contributed by atoms with E-state index in [9.17, 15) is 4.39 Å². The van der Waals surface area contributed by atoms with Gasteiger partial charge in [0.1, 0.15) is 5.82 Å². The minimum atomic E-state index is -0.223. The normalized spacial score (nSPS) is 17.5. The number of nitrogens with zero attached hydrogens (tertiary/aromatic N) is 3. The lowest BCUT2D eigenvalue weighted by molar-refractivity contribution is 0.564. The van der Waals surface area contributed by atoms with Crippen LogP contribution in [0.1, 0.15) is 58.3 Å². The van der Waals surface area contributed by atoms with Gasteiger partial charge in [-0.1, -0.05) is 31.2 Å². The van der Waals surface area contributed by atoms with E-state index < -0.39 is 0 Å². The number of thiocarbonyl (C=S) groups is 1. The van der Waals surface area contributed by atoms with Crippen LogP contribution in [0.15, 0.2) is 66.9 Å². The van der Waals surface area contributed by atoms with Crippen molar-refractivity contribution in [1.82, 2.24) is 14.9 Å². The number of anilines is 1. The zero-order valence-electron chi connectivity index (χ0n) is 21.3. The maximum atomic E-state index is 14.2.